The molecular formula is C13H23NO2. The van der Waals surface area contributed by atoms with Crippen molar-refractivity contribution in [3.63, 3.8) is 0 Å². The minimum atomic E-state index is -0.0853. The highest BCUT2D eigenvalue weighted by Crippen LogP contribution is 2.20. The van der Waals surface area contributed by atoms with Crippen LogP contribution in [-0.2, 0) is 4.79 Å². The van der Waals surface area contributed by atoms with Crippen molar-refractivity contribution in [3.05, 3.63) is 12.2 Å². The molecule has 92 valence electrons. The maximum Gasteiger partial charge on any atom is 0.220 e. The van der Waals surface area contributed by atoms with E-state index in [0.29, 0.717) is 18.3 Å². The first-order valence-corrected chi connectivity index (χ1v) is 6.18. The molecule has 1 rings (SSSR count). The van der Waals surface area contributed by atoms with Crippen LogP contribution in [0.3, 0.4) is 0 Å². The summed E-state index contributed by atoms with van der Waals surface area (Å²) in [5, 5.41) is 12.1. The van der Waals surface area contributed by atoms with Crippen LogP contribution in [0.5, 0.6) is 0 Å². The van der Waals surface area contributed by atoms with Crippen LogP contribution >= 0.6 is 0 Å². The molecule has 3 heteroatoms. The maximum atomic E-state index is 11.7. The summed E-state index contributed by atoms with van der Waals surface area (Å²) in [6, 6.07) is -0.0853. The van der Waals surface area contributed by atoms with Gasteiger partial charge in [-0.3, -0.25) is 4.79 Å². The van der Waals surface area contributed by atoms with E-state index in [1.54, 1.807) is 0 Å². The minimum Gasteiger partial charge on any atom is -0.394 e. The van der Waals surface area contributed by atoms with Crippen LogP contribution < -0.4 is 5.32 Å². The third kappa shape index (κ3) is 4.79. The zero-order valence-electron chi connectivity index (χ0n) is 10.3. The Labute approximate surface area is 97.9 Å². The molecule has 2 unspecified atom stereocenters. The topological polar surface area (TPSA) is 49.3 Å². The van der Waals surface area contributed by atoms with E-state index in [1.807, 2.05) is 0 Å². The highest BCUT2D eigenvalue weighted by atomic mass is 16.3. The molecule has 0 saturated carbocycles. The van der Waals surface area contributed by atoms with Gasteiger partial charge in [-0.2, -0.15) is 0 Å². The molecule has 1 aliphatic carbocycles. The van der Waals surface area contributed by atoms with Gasteiger partial charge in [0.2, 0.25) is 5.91 Å². The number of carbonyl (C=O) groups excluding carboxylic acids is 1. The van der Waals surface area contributed by atoms with Crippen molar-refractivity contribution in [2.75, 3.05) is 6.61 Å². The summed E-state index contributed by atoms with van der Waals surface area (Å²) in [5.41, 5.74) is 0. The normalized spacial score (nSPS) is 21.4. The van der Waals surface area contributed by atoms with Gasteiger partial charge in [0.25, 0.3) is 0 Å². The SMILES string of the molecule is CC(C)CC(CO)NC(=O)CC1C=CCC1. The van der Waals surface area contributed by atoms with Crippen molar-refractivity contribution in [2.45, 2.75) is 45.6 Å². The monoisotopic (exact) mass is 225 g/mol. The molecule has 0 fully saturated rings. The maximum absolute atomic E-state index is 11.7. The molecule has 2 N–H and O–H groups in total. The molecule has 0 radical (unpaired) electrons. The van der Waals surface area contributed by atoms with E-state index in [9.17, 15) is 4.79 Å². The van der Waals surface area contributed by atoms with Gasteiger partial charge in [-0.05, 0) is 31.1 Å². The smallest absolute Gasteiger partial charge is 0.220 e. The molecule has 3 nitrogen and oxygen atoms in total. The summed E-state index contributed by atoms with van der Waals surface area (Å²) in [5.74, 6) is 0.957. The fourth-order valence-corrected chi connectivity index (χ4v) is 2.14. The summed E-state index contributed by atoms with van der Waals surface area (Å²) in [6.45, 7) is 4.22. The number of allylic oxidation sites excluding steroid dienone is 2. The summed E-state index contributed by atoms with van der Waals surface area (Å²) < 4.78 is 0. The lowest BCUT2D eigenvalue weighted by molar-refractivity contribution is -0.122. The van der Waals surface area contributed by atoms with Gasteiger partial charge in [0.05, 0.1) is 12.6 Å². The van der Waals surface area contributed by atoms with Crippen LogP contribution in [0.15, 0.2) is 12.2 Å². The quantitative estimate of drug-likeness (QED) is 0.678. The van der Waals surface area contributed by atoms with Crippen LogP contribution in [0.2, 0.25) is 0 Å². The molecule has 0 aromatic heterocycles. The number of aliphatic hydroxyl groups is 1. The average Bonchev–Trinajstić information content (AvgIpc) is 2.68. The number of hydrogen-bond acceptors (Lipinski definition) is 2. The minimum absolute atomic E-state index is 0.0322. The Kier molecular flexibility index (Phi) is 5.53. The highest BCUT2D eigenvalue weighted by Gasteiger charge is 2.17. The average molecular weight is 225 g/mol. The van der Waals surface area contributed by atoms with Crippen LogP contribution in [0.1, 0.15) is 39.5 Å². The molecule has 0 bridgehead atoms. The third-order valence-electron chi connectivity index (χ3n) is 2.90. The van der Waals surface area contributed by atoms with Gasteiger partial charge < -0.3 is 10.4 Å². The van der Waals surface area contributed by atoms with Gasteiger partial charge in [0, 0.05) is 6.42 Å². The van der Waals surface area contributed by atoms with Crippen molar-refractivity contribution in [1.29, 1.82) is 0 Å². The van der Waals surface area contributed by atoms with Crippen molar-refractivity contribution >= 4 is 5.91 Å². The van der Waals surface area contributed by atoms with E-state index >= 15 is 0 Å². The third-order valence-corrected chi connectivity index (χ3v) is 2.90. The molecule has 0 aliphatic heterocycles. The van der Waals surface area contributed by atoms with E-state index in [0.717, 1.165) is 19.3 Å². The lowest BCUT2D eigenvalue weighted by Gasteiger charge is -2.19. The number of carbonyl (C=O) groups is 1. The summed E-state index contributed by atoms with van der Waals surface area (Å²) in [4.78, 5) is 11.7. The Morgan fingerprint density at radius 3 is 2.81 bits per heavy atom. The molecule has 0 aromatic carbocycles. The Hall–Kier alpha value is -0.830. The zero-order valence-corrected chi connectivity index (χ0v) is 10.3. The Morgan fingerprint density at radius 1 is 1.56 bits per heavy atom. The second-order valence-electron chi connectivity index (χ2n) is 5.05. The van der Waals surface area contributed by atoms with E-state index in [1.165, 1.54) is 0 Å². The number of hydrogen-bond donors (Lipinski definition) is 2. The van der Waals surface area contributed by atoms with E-state index in [4.69, 9.17) is 5.11 Å². The standard InChI is InChI=1S/C13H23NO2/c1-10(2)7-12(9-15)14-13(16)8-11-5-3-4-6-11/h3,5,10-12,15H,4,6-9H2,1-2H3,(H,14,16). The van der Waals surface area contributed by atoms with Crippen LogP contribution in [0, 0.1) is 11.8 Å². The van der Waals surface area contributed by atoms with Crippen molar-refractivity contribution in [1.82, 2.24) is 5.32 Å². The van der Waals surface area contributed by atoms with Gasteiger partial charge in [-0.1, -0.05) is 26.0 Å². The molecule has 1 aliphatic rings. The lowest BCUT2D eigenvalue weighted by Crippen LogP contribution is -2.38. The number of amides is 1. The predicted molar refractivity (Wildman–Crippen MR) is 65.0 cm³/mol. The van der Waals surface area contributed by atoms with E-state index in [-0.39, 0.29) is 18.6 Å². The zero-order chi connectivity index (χ0) is 12.0. The second kappa shape index (κ2) is 6.69. The fraction of sp³-hybridized carbons (Fsp3) is 0.769. The van der Waals surface area contributed by atoms with Crippen LogP contribution in [0.4, 0.5) is 0 Å². The Bertz CT molecular complexity index is 248. The predicted octanol–water partition coefficient (Wildman–Crippen LogP) is 1.87. The molecule has 0 heterocycles. The van der Waals surface area contributed by atoms with Gasteiger partial charge in [0.1, 0.15) is 0 Å². The van der Waals surface area contributed by atoms with Gasteiger partial charge >= 0.3 is 0 Å². The second-order valence-corrected chi connectivity index (χ2v) is 5.05. The molecule has 2 atom stereocenters. The van der Waals surface area contributed by atoms with E-state index in [2.05, 4.69) is 31.3 Å². The van der Waals surface area contributed by atoms with Crippen molar-refractivity contribution < 1.29 is 9.90 Å². The summed E-state index contributed by atoms with van der Waals surface area (Å²) in [6.07, 6.45) is 7.83. The van der Waals surface area contributed by atoms with Crippen molar-refractivity contribution in [3.8, 4) is 0 Å². The Morgan fingerprint density at radius 2 is 2.31 bits per heavy atom. The fourth-order valence-electron chi connectivity index (χ4n) is 2.14. The molecule has 0 aromatic rings. The number of nitrogens with one attached hydrogen (secondary N) is 1. The Balaban J connectivity index is 2.27. The number of aliphatic hydroxyl groups excluding tert-OH is 1. The molecule has 0 spiro atoms. The number of rotatable bonds is 6. The first-order chi connectivity index (χ1) is 7.61. The van der Waals surface area contributed by atoms with Gasteiger partial charge in [-0.15, -0.1) is 0 Å². The highest BCUT2D eigenvalue weighted by molar-refractivity contribution is 5.76. The largest absolute Gasteiger partial charge is 0.394 e. The van der Waals surface area contributed by atoms with Gasteiger partial charge in [-0.25, -0.2) is 0 Å². The molecule has 16 heavy (non-hydrogen) atoms. The molecular weight excluding hydrogens is 202 g/mol. The first-order valence-electron chi connectivity index (χ1n) is 6.18. The van der Waals surface area contributed by atoms with E-state index < -0.39 is 0 Å². The molecule has 0 saturated heterocycles. The summed E-state index contributed by atoms with van der Waals surface area (Å²) in [7, 11) is 0. The van der Waals surface area contributed by atoms with Crippen LogP contribution in [0.25, 0.3) is 0 Å². The van der Waals surface area contributed by atoms with Crippen molar-refractivity contribution in [2.24, 2.45) is 11.8 Å². The van der Waals surface area contributed by atoms with Crippen LogP contribution in [-0.4, -0.2) is 23.7 Å². The van der Waals surface area contributed by atoms with Gasteiger partial charge in [0.15, 0.2) is 0 Å². The lowest BCUT2D eigenvalue weighted by atomic mass is 10.0. The summed E-state index contributed by atoms with van der Waals surface area (Å²) >= 11 is 0. The first kappa shape index (κ1) is 13.2. The molecule has 1 amide bonds.